The standard InChI is InChI=1S/C18H25N3O3/c1-5-14(4)20-9-8-17(23)21(18(20)24)11-16(22)19-15-10-12(2)6-7-13(15)3/h6-7,10,14H,5,8-9,11H2,1-4H3,(H,19,22). The summed E-state index contributed by atoms with van der Waals surface area (Å²) in [6, 6.07) is 5.43. The zero-order chi connectivity index (χ0) is 17.9. The van der Waals surface area contributed by atoms with Crippen LogP contribution in [0.4, 0.5) is 10.5 Å². The molecule has 1 aromatic rings. The summed E-state index contributed by atoms with van der Waals surface area (Å²) in [4.78, 5) is 39.6. The van der Waals surface area contributed by atoms with Crippen LogP contribution in [0.3, 0.4) is 0 Å². The largest absolute Gasteiger partial charge is 0.327 e. The van der Waals surface area contributed by atoms with Crippen molar-refractivity contribution >= 4 is 23.5 Å². The topological polar surface area (TPSA) is 69.7 Å². The Labute approximate surface area is 142 Å². The number of rotatable bonds is 5. The Kier molecular flexibility index (Phi) is 5.59. The SMILES string of the molecule is CCC(C)N1CCC(=O)N(CC(=O)Nc2cc(C)ccc2C)C1=O. The Balaban J connectivity index is 2.07. The normalized spacial score (nSPS) is 16.3. The molecule has 1 fully saturated rings. The van der Waals surface area contributed by atoms with Crippen molar-refractivity contribution in [1.82, 2.24) is 9.80 Å². The number of urea groups is 1. The minimum absolute atomic E-state index is 0.0511. The number of hydrogen-bond donors (Lipinski definition) is 1. The van der Waals surface area contributed by atoms with E-state index in [9.17, 15) is 14.4 Å². The van der Waals surface area contributed by atoms with Gasteiger partial charge in [-0.15, -0.1) is 0 Å². The van der Waals surface area contributed by atoms with Gasteiger partial charge in [-0.05, 0) is 44.4 Å². The predicted octanol–water partition coefficient (Wildman–Crippen LogP) is 2.69. The Bertz CT molecular complexity index is 657. The van der Waals surface area contributed by atoms with Crippen molar-refractivity contribution in [3.05, 3.63) is 29.3 Å². The number of benzene rings is 1. The fourth-order valence-electron chi connectivity index (χ4n) is 2.70. The summed E-state index contributed by atoms with van der Waals surface area (Å²) < 4.78 is 0. The fourth-order valence-corrected chi connectivity index (χ4v) is 2.70. The third-order valence-electron chi connectivity index (χ3n) is 4.44. The van der Waals surface area contributed by atoms with Gasteiger partial charge >= 0.3 is 6.03 Å². The molecule has 130 valence electrons. The first kappa shape index (κ1) is 18.0. The molecule has 1 heterocycles. The fraction of sp³-hybridized carbons (Fsp3) is 0.500. The summed E-state index contributed by atoms with van der Waals surface area (Å²) in [6.07, 6.45) is 1.06. The molecule has 24 heavy (non-hydrogen) atoms. The summed E-state index contributed by atoms with van der Waals surface area (Å²) in [5, 5.41) is 2.79. The molecule has 1 unspecified atom stereocenters. The van der Waals surface area contributed by atoms with Gasteiger partial charge in [0.25, 0.3) is 0 Å². The lowest BCUT2D eigenvalue weighted by Crippen LogP contribution is -2.56. The monoisotopic (exact) mass is 331 g/mol. The average Bonchev–Trinajstić information content (AvgIpc) is 2.54. The van der Waals surface area contributed by atoms with Crippen LogP contribution in [0, 0.1) is 13.8 Å². The van der Waals surface area contributed by atoms with E-state index in [0.29, 0.717) is 12.2 Å². The number of hydrogen-bond acceptors (Lipinski definition) is 3. The van der Waals surface area contributed by atoms with Crippen LogP contribution in [0.15, 0.2) is 18.2 Å². The molecule has 1 aromatic carbocycles. The van der Waals surface area contributed by atoms with Crippen molar-refractivity contribution in [2.45, 2.75) is 46.6 Å². The van der Waals surface area contributed by atoms with Crippen molar-refractivity contribution in [2.75, 3.05) is 18.4 Å². The number of imide groups is 1. The number of nitrogens with one attached hydrogen (secondary N) is 1. The number of carbonyl (C=O) groups is 3. The molecule has 1 atom stereocenters. The van der Waals surface area contributed by atoms with Crippen molar-refractivity contribution < 1.29 is 14.4 Å². The van der Waals surface area contributed by atoms with Crippen molar-refractivity contribution in [1.29, 1.82) is 0 Å². The Morgan fingerprint density at radius 1 is 1.29 bits per heavy atom. The van der Waals surface area contributed by atoms with E-state index in [1.54, 1.807) is 4.90 Å². The highest BCUT2D eigenvalue weighted by atomic mass is 16.2. The van der Waals surface area contributed by atoms with Gasteiger partial charge in [0.2, 0.25) is 11.8 Å². The van der Waals surface area contributed by atoms with E-state index in [-0.39, 0.29) is 36.9 Å². The van der Waals surface area contributed by atoms with Gasteiger partial charge in [0.05, 0.1) is 0 Å². The van der Waals surface area contributed by atoms with E-state index < -0.39 is 0 Å². The van der Waals surface area contributed by atoms with E-state index in [4.69, 9.17) is 0 Å². The smallest absolute Gasteiger partial charge is 0.324 e. The molecule has 1 N–H and O–H groups in total. The molecule has 0 bridgehead atoms. The minimum Gasteiger partial charge on any atom is -0.324 e. The quantitative estimate of drug-likeness (QED) is 0.902. The van der Waals surface area contributed by atoms with Crippen LogP contribution >= 0.6 is 0 Å². The van der Waals surface area contributed by atoms with Gasteiger partial charge in [-0.1, -0.05) is 19.1 Å². The molecule has 0 radical (unpaired) electrons. The van der Waals surface area contributed by atoms with Crippen LogP contribution in [0.2, 0.25) is 0 Å². The maximum Gasteiger partial charge on any atom is 0.327 e. The average molecular weight is 331 g/mol. The van der Waals surface area contributed by atoms with Crippen molar-refractivity contribution in [3.8, 4) is 0 Å². The molecule has 6 nitrogen and oxygen atoms in total. The van der Waals surface area contributed by atoms with Crippen LogP contribution in [0.25, 0.3) is 0 Å². The molecule has 0 saturated carbocycles. The summed E-state index contributed by atoms with van der Waals surface area (Å²) >= 11 is 0. The van der Waals surface area contributed by atoms with Crippen LogP contribution < -0.4 is 5.32 Å². The zero-order valence-corrected chi connectivity index (χ0v) is 14.8. The second kappa shape index (κ2) is 7.47. The van der Waals surface area contributed by atoms with Gasteiger partial charge in [0, 0.05) is 24.7 Å². The Morgan fingerprint density at radius 3 is 2.67 bits per heavy atom. The minimum atomic E-state index is -0.378. The molecule has 1 aliphatic rings. The van der Waals surface area contributed by atoms with Gasteiger partial charge in [0.15, 0.2) is 0 Å². The Hall–Kier alpha value is -2.37. The van der Waals surface area contributed by atoms with E-state index in [2.05, 4.69) is 5.32 Å². The molecule has 0 aromatic heterocycles. The number of anilines is 1. The molecule has 2 rings (SSSR count). The number of carbonyl (C=O) groups excluding carboxylic acids is 3. The molecule has 6 heteroatoms. The van der Waals surface area contributed by atoms with E-state index in [1.165, 1.54) is 0 Å². The first-order valence-corrected chi connectivity index (χ1v) is 8.31. The lowest BCUT2D eigenvalue weighted by atomic mass is 10.1. The molecular weight excluding hydrogens is 306 g/mol. The molecule has 1 saturated heterocycles. The van der Waals surface area contributed by atoms with Crippen molar-refractivity contribution in [3.63, 3.8) is 0 Å². The summed E-state index contributed by atoms with van der Waals surface area (Å²) in [7, 11) is 0. The molecule has 1 aliphatic heterocycles. The van der Waals surface area contributed by atoms with Gasteiger partial charge in [-0.25, -0.2) is 4.79 Å². The first-order valence-electron chi connectivity index (χ1n) is 8.31. The molecule has 0 aliphatic carbocycles. The van der Waals surface area contributed by atoms with Gasteiger partial charge in [-0.2, -0.15) is 0 Å². The highest BCUT2D eigenvalue weighted by Gasteiger charge is 2.35. The van der Waals surface area contributed by atoms with Crippen LogP contribution in [0.5, 0.6) is 0 Å². The predicted molar refractivity (Wildman–Crippen MR) is 92.7 cm³/mol. The molecular formula is C18H25N3O3. The van der Waals surface area contributed by atoms with E-state index >= 15 is 0 Å². The summed E-state index contributed by atoms with van der Waals surface area (Å²) in [5.74, 6) is -0.660. The second-order valence-corrected chi connectivity index (χ2v) is 6.33. The lowest BCUT2D eigenvalue weighted by Gasteiger charge is -2.37. The number of aryl methyl sites for hydroxylation is 2. The van der Waals surface area contributed by atoms with Crippen LogP contribution in [0.1, 0.15) is 37.8 Å². The number of nitrogens with zero attached hydrogens (tertiary/aromatic N) is 2. The van der Waals surface area contributed by atoms with Gasteiger partial charge in [-0.3, -0.25) is 14.5 Å². The van der Waals surface area contributed by atoms with Crippen molar-refractivity contribution in [2.24, 2.45) is 0 Å². The van der Waals surface area contributed by atoms with E-state index in [0.717, 1.165) is 22.4 Å². The number of amides is 4. The molecule has 4 amide bonds. The summed E-state index contributed by atoms with van der Waals surface area (Å²) in [6.45, 7) is 7.95. The lowest BCUT2D eigenvalue weighted by molar-refractivity contribution is -0.134. The summed E-state index contributed by atoms with van der Waals surface area (Å²) in [5.41, 5.74) is 2.67. The Morgan fingerprint density at radius 2 is 2.00 bits per heavy atom. The molecule has 0 spiro atoms. The third-order valence-corrected chi connectivity index (χ3v) is 4.44. The maximum atomic E-state index is 12.5. The van der Waals surface area contributed by atoms with Gasteiger partial charge < -0.3 is 10.2 Å². The second-order valence-electron chi connectivity index (χ2n) is 6.33. The highest BCUT2D eigenvalue weighted by molar-refractivity contribution is 6.03. The van der Waals surface area contributed by atoms with Gasteiger partial charge in [0.1, 0.15) is 6.54 Å². The van der Waals surface area contributed by atoms with Crippen LogP contribution in [-0.2, 0) is 9.59 Å². The first-order chi connectivity index (χ1) is 11.3. The maximum absolute atomic E-state index is 12.5. The highest BCUT2D eigenvalue weighted by Crippen LogP contribution is 2.18. The third kappa shape index (κ3) is 3.93. The zero-order valence-electron chi connectivity index (χ0n) is 14.8. The van der Waals surface area contributed by atoms with Crippen LogP contribution in [-0.4, -0.2) is 46.8 Å². The van der Waals surface area contributed by atoms with E-state index in [1.807, 2.05) is 45.9 Å².